The molecule has 0 aliphatic carbocycles. The van der Waals surface area contributed by atoms with Crippen molar-refractivity contribution >= 4 is 34.4 Å². The summed E-state index contributed by atoms with van der Waals surface area (Å²) in [5.74, 6) is 0.195. The fourth-order valence-corrected chi connectivity index (χ4v) is 1.76. The quantitative estimate of drug-likeness (QED) is 0.825. The fourth-order valence-electron chi connectivity index (χ4n) is 1.69. The molecular weight excluding hydrogens is 286 g/mol. The van der Waals surface area contributed by atoms with E-state index in [1.807, 2.05) is 0 Å². The third kappa shape index (κ3) is 2.67. The predicted molar refractivity (Wildman–Crippen MR) is 74.8 cm³/mol. The standard InChI is InChI=1S/C12H12ClN3O4/c1-19-8-3-6-7(4-9(8)20-2)14-12(16-11(6)18)15-10(17)5-13/h3-4H,5H2,1-2H3,(H2,14,15,16,17,18). The van der Waals surface area contributed by atoms with Crippen LogP contribution >= 0.6 is 11.6 Å². The molecule has 1 amide bonds. The molecule has 7 nitrogen and oxygen atoms in total. The number of hydrogen-bond donors (Lipinski definition) is 2. The van der Waals surface area contributed by atoms with E-state index in [9.17, 15) is 9.59 Å². The molecule has 0 saturated heterocycles. The number of halogens is 1. The first-order valence-electron chi connectivity index (χ1n) is 5.61. The van der Waals surface area contributed by atoms with Crippen molar-refractivity contribution in [2.24, 2.45) is 0 Å². The molecule has 0 unspecified atom stereocenters. The number of fused-ring (bicyclic) bond motifs is 1. The minimum atomic E-state index is -0.463. The lowest BCUT2D eigenvalue weighted by atomic mass is 10.2. The topological polar surface area (TPSA) is 93.3 Å². The Kier molecular flexibility index (Phi) is 4.09. The minimum absolute atomic E-state index is 0.0281. The number of alkyl halides is 1. The van der Waals surface area contributed by atoms with Crippen LogP contribution in [0.15, 0.2) is 16.9 Å². The molecule has 0 radical (unpaired) electrons. The van der Waals surface area contributed by atoms with Gasteiger partial charge in [0.25, 0.3) is 5.56 Å². The SMILES string of the molecule is COc1cc2nc(NC(=O)CCl)[nH]c(=O)c2cc1OC. The molecule has 0 atom stereocenters. The number of hydrogen-bond acceptors (Lipinski definition) is 5. The number of nitrogens with one attached hydrogen (secondary N) is 2. The van der Waals surface area contributed by atoms with Gasteiger partial charge < -0.3 is 9.47 Å². The fraction of sp³-hybridized carbons (Fsp3) is 0.250. The van der Waals surface area contributed by atoms with Crippen molar-refractivity contribution in [1.29, 1.82) is 0 Å². The molecule has 0 saturated carbocycles. The first-order chi connectivity index (χ1) is 9.58. The highest BCUT2D eigenvalue weighted by Gasteiger charge is 2.11. The van der Waals surface area contributed by atoms with Crippen LogP contribution in [0.3, 0.4) is 0 Å². The minimum Gasteiger partial charge on any atom is -0.493 e. The molecular formula is C12H12ClN3O4. The van der Waals surface area contributed by atoms with Gasteiger partial charge in [0.1, 0.15) is 5.88 Å². The second-order valence-corrected chi connectivity index (χ2v) is 4.09. The first-order valence-corrected chi connectivity index (χ1v) is 6.14. The van der Waals surface area contributed by atoms with Crippen LogP contribution in [0.5, 0.6) is 11.5 Å². The Morgan fingerprint density at radius 2 is 2.00 bits per heavy atom. The van der Waals surface area contributed by atoms with E-state index in [1.165, 1.54) is 20.3 Å². The van der Waals surface area contributed by atoms with E-state index >= 15 is 0 Å². The molecule has 0 bridgehead atoms. The Morgan fingerprint density at radius 3 is 2.60 bits per heavy atom. The van der Waals surface area contributed by atoms with E-state index in [2.05, 4.69) is 15.3 Å². The maximum absolute atomic E-state index is 12.0. The highest BCUT2D eigenvalue weighted by Crippen LogP contribution is 2.30. The molecule has 0 aliphatic rings. The number of aromatic nitrogens is 2. The zero-order valence-corrected chi connectivity index (χ0v) is 11.6. The van der Waals surface area contributed by atoms with Gasteiger partial charge in [0.05, 0.1) is 25.1 Å². The third-order valence-corrected chi connectivity index (χ3v) is 2.83. The smallest absolute Gasteiger partial charge is 0.260 e. The second kappa shape index (κ2) is 5.79. The summed E-state index contributed by atoms with van der Waals surface area (Å²) in [6.07, 6.45) is 0. The Hall–Kier alpha value is -2.28. The summed E-state index contributed by atoms with van der Waals surface area (Å²) in [6, 6.07) is 3.08. The lowest BCUT2D eigenvalue weighted by molar-refractivity contribution is -0.114. The van der Waals surface area contributed by atoms with Crippen molar-refractivity contribution < 1.29 is 14.3 Å². The average molecular weight is 298 g/mol. The lowest BCUT2D eigenvalue weighted by Crippen LogP contribution is -2.19. The van der Waals surface area contributed by atoms with Crippen LogP contribution in [0.1, 0.15) is 0 Å². The van der Waals surface area contributed by atoms with Crippen LogP contribution in [0.2, 0.25) is 0 Å². The van der Waals surface area contributed by atoms with Gasteiger partial charge in [-0.2, -0.15) is 0 Å². The molecule has 1 aromatic heterocycles. The summed E-state index contributed by atoms with van der Waals surface area (Å²) in [7, 11) is 2.95. The number of carbonyl (C=O) groups is 1. The Bertz CT molecular complexity index is 714. The Labute approximate surface area is 118 Å². The summed E-state index contributed by atoms with van der Waals surface area (Å²) in [4.78, 5) is 29.7. The van der Waals surface area contributed by atoms with E-state index in [0.29, 0.717) is 22.4 Å². The first kappa shape index (κ1) is 14.1. The van der Waals surface area contributed by atoms with E-state index in [-0.39, 0.29) is 11.8 Å². The van der Waals surface area contributed by atoms with Crippen molar-refractivity contribution in [2.75, 3.05) is 25.4 Å². The van der Waals surface area contributed by atoms with Crippen LogP contribution in [-0.4, -0.2) is 36.0 Å². The second-order valence-electron chi connectivity index (χ2n) is 3.82. The third-order valence-electron chi connectivity index (χ3n) is 2.59. The number of anilines is 1. The summed E-state index contributed by atoms with van der Waals surface area (Å²) in [5.41, 5.74) is -0.0305. The number of H-pyrrole nitrogens is 1. The number of rotatable bonds is 4. The van der Waals surface area contributed by atoms with E-state index < -0.39 is 11.5 Å². The lowest BCUT2D eigenvalue weighted by Gasteiger charge is -2.09. The van der Waals surface area contributed by atoms with Crippen molar-refractivity contribution in [3.63, 3.8) is 0 Å². The highest BCUT2D eigenvalue weighted by molar-refractivity contribution is 6.28. The van der Waals surface area contributed by atoms with Crippen molar-refractivity contribution in [2.45, 2.75) is 0 Å². The van der Waals surface area contributed by atoms with Gasteiger partial charge >= 0.3 is 0 Å². The molecule has 0 aliphatic heterocycles. The average Bonchev–Trinajstić information content (AvgIpc) is 2.45. The van der Waals surface area contributed by atoms with Gasteiger partial charge in [0.2, 0.25) is 11.9 Å². The number of ether oxygens (including phenoxy) is 2. The number of benzene rings is 1. The van der Waals surface area contributed by atoms with Crippen LogP contribution in [0.25, 0.3) is 10.9 Å². The van der Waals surface area contributed by atoms with Crippen molar-refractivity contribution in [1.82, 2.24) is 9.97 Å². The van der Waals surface area contributed by atoms with Crippen molar-refractivity contribution in [3.05, 3.63) is 22.5 Å². The summed E-state index contributed by atoms with van der Waals surface area (Å²) < 4.78 is 10.3. The number of methoxy groups -OCH3 is 2. The van der Waals surface area contributed by atoms with Gasteiger partial charge in [-0.1, -0.05) is 0 Å². The van der Waals surface area contributed by atoms with Crippen molar-refractivity contribution in [3.8, 4) is 11.5 Å². The molecule has 2 rings (SSSR count). The molecule has 0 fully saturated rings. The van der Waals surface area contributed by atoms with Crippen LogP contribution in [-0.2, 0) is 4.79 Å². The largest absolute Gasteiger partial charge is 0.493 e. The number of aromatic amines is 1. The predicted octanol–water partition coefficient (Wildman–Crippen LogP) is 1.12. The van der Waals surface area contributed by atoms with Gasteiger partial charge in [-0.3, -0.25) is 19.9 Å². The monoisotopic (exact) mass is 297 g/mol. The number of carbonyl (C=O) groups excluding carboxylic acids is 1. The molecule has 8 heteroatoms. The summed E-state index contributed by atoms with van der Waals surface area (Å²) in [6.45, 7) is 0. The molecule has 1 heterocycles. The van der Waals surface area contributed by atoms with Gasteiger partial charge in [0, 0.05) is 6.07 Å². The summed E-state index contributed by atoms with van der Waals surface area (Å²) in [5, 5.41) is 2.71. The molecule has 2 N–H and O–H groups in total. The zero-order chi connectivity index (χ0) is 14.7. The zero-order valence-electron chi connectivity index (χ0n) is 10.8. The molecule has 106 valence electrons. The van der Waals surface area contributed by atoms with Gasteiger partial charge in [-0.15, -0.1) is 11.6 Å². The molecule has 1 aromatic carbocycles. The van der Waals surface area contributed by atoms with E-state index in [4.69, 9.17) is 21.1 Å². The Balaban J connectivity index is 2.59. The van der Waals surface area contributed by atoms with Gasteiger partial charge in [-0.25, -0.2) is 4.98 Å². The Morgan fingerprint density at radius 1 is 1.35 bits per heavy atom. The maximum Gasteiger partial charge on any atom is 0.260 e. The van der Waals surface area contributed by atoms with Crippen LogP contribution < -0.4 is 20.3 Å². The number of nitrogens with zero attached hydrogens (tertiary/aromatic N) is 1. The van der Waals surface area contributed by atoms with E-state index in [0.717, 1.165) is 0 Å². The molecule has 0 spiro atoms. The molecule has 20 heavy (non-hydrogen) atoms. The van der Waals surface area contributed by atoms with Gasteiger partial charge in [0.15, 0.2) is 11.5 Å². The normalized spacial score (nSPS) is 10.3. The summed E-state index contributed by atoms with van der Waals surface area (Å²) >= 11 is 5.38. The number of amides is 1. The highest BCUT2D eigenvalue weighted by atomic mass is 35.5. The molecule has 2 aromatic rings. The van der Waals surface area contributed by atoms with Crippen LogP contribution in [0, 0.1) is 0 Å². The van der Waals surface area contributed by atoms with Gasteiger partial charge in [-0.05, 0) is 6.07 Å². The maximum atomic E-state index is 12.0. The van der Waals surface area contributed by atoms with E-state index in [1.54, 1.807) is 6.07 Å². The van der Waals surface area contributed by atoms with Crippen LogP contribution in [0.4, 0.5) is 5.95 Å².